The number of nitrogens with one attached hydrogen (secondary N) is 1. The van der Waals surface area contributed by atoms with Crippen LogP contribution in [0.5, 0.6) is 0 Å². The van der Waals surface area contributed by atoms with E-state index >= 15 is 0 Å². The molecule has 94 valence electrons. The SMILES string of the molecule is CCN(CC)C(=O)Nc1cc(CN)ccc1C. The van der Waals surface area contributed by atoms with Crippen molar-refractivity contribution < 1.29 is 4.79 Å². The lowest BCUT2D eigenvalue weighted by atomic mass is 10.1. The Bertz CT molecular complexity index is 386. The first kappa shape index (κ1) is 13.5. The molecule has 0 saturated heterocycles. The molecule has 3 N–H and O–H groups in total. The van der Waals surface area contributed by atoms with Crippen molar-refractivity contribution in [1.82, 2.24) is 4.90 Å². The van der Waals surface area contributed by atoms with Crippen LogP contribution in [-0.2, 0) is 6.54 Å². The molecule has 0 bridgehead atoms. The highest BCUT2D eigenvalue weighted by atomic mass is 16.2. The van der Waals surface area contributed by atoms with Crippen LogP contribution in [0, 0.1) is 6.92 Å². The van der Waals surface area contributed by atoms with Crippen molar-refractivity contribution in [3.63, 3.8) is 0 Å². The minimum absolute atomic E-state index is 0.0627. The molecular formula is C13H21N3O. The lowest BCUT2D eigenvalue weighted by Crippen LogP contribution is -2.34. The van der Waals surface area contributed by atoms with Gasteiger partial charge in [-0.1, -0.05) is 12.1 Å². The van der Waals surface area contributed by atoms with Crippen LogP contribution >= 0.6 is 0 Å². The van der Waals surface area contributed by atoms with Gasteiger partial charge in [0.15, 0.2) is 0 Å². The summed E-state index contributed by atoms with van der Waals surface area (Å²) < 4.78 is 0. The maximum atomic E-state index is 11.9. The summed E-state index contributed by atoms with van der Waals surface area (Å²) in [5.74, 6) is 0. The van der Waals surface area contributed by atoms with E-state index in [4.69, 9.17) is 5.73 Å². The van der Waals surface area contributed by atoms with E-state index in [0.717, 1.165) is 16.8 Å². The van der Waals surface area contributed by atoms with E-state index in [0.29, 0.717) is 19.6 Å². The number of carbonyl (C=O) groups excluding carboxylic acids is 1. The summed E-state index contributed by atoms with van der Waals surface area (Å²) in [6, 6.07) is 5.81. The van der Waals surface area contributed by atoms with Crippen molar-refractivity contribution in [3.8, 4) is 0 Å². The number of benzene rings is 1. The molecule has 0 fully saturated rings. The summed E-state index contributed by atoms with van der Waals surface area (Å²) in [4.78, 5) is 13.7. The van der Waals surface area contributed by atoms with E-state index in [1.165, 1.54) is 0 Å². The van der Waals surface area contributed by atoms with Crippen LogP contribution in [-0.4, -0.2) is 24.0 Å². The van der Waals surface area contributed by atoms with Crippen LogP contribution in [0.4, 0.5) is 10.5 Å². The van der Waals surface area contributed by atoms with Crippen molar-refractivity contribution in [2.45, 2.75) is 27.3 Å². The molecule has 0 aliphatic rings. The zero-order valence-electron chi connectivity index (χ0n) is 10.8. The molecule has 4 heteroatoms. The molecule has 0 spiro atoms. The maximum absolute atomic E-state index is 11.9. The summed E-state index contributed by atoms with van der Waals surface area (Å²) in [5.41, 5.74) is 8.49. The summed E-state index contributed by atoms with van der Waals surface area (Å²) in [6.45, 7) is 7.79. The summed E-state index contributed by atoms with van der Waals surface area (Å²) in [6.07, 6.45) is 0. The molecule has 1 rings (SSSR count). The number of anilines is 1. The summed E-state index contributed by atoms with van der Waals surface area (Å²) >= 11 is 0. The van der Waals surface area contributed by atoms with Crippen molar-refractivity contribution in [3.05, 3.63) is 29.3 Å². The molecule has 4 nitrogen and oxygen atoms in total. The first-order valence-corrected chi connectivity index (χ1v) is 5.97. The van der Waals surface area contributed by atoms with Gasteiger partial charge in [-0.05, 0) is 38.0 Å². The number of nitrogens with zero attached hydrogens (tertiary/aromatic N) is 1. The zero-order valence-corrected chi connectivity index (χ0v) is 10.8. The predicted molar refractivity (Wildman–Crippen MR) is 71.0 cm³/mol. The summed E-state index contributed by atoms with van der Waals surface area (Å²) in [5, 5.41) is 2.92. The first-order valence-electron chi connectivity index (χ1n) is 5.97. The quantitative estimate of drug-likeness (QED) is 0.841. The monoisotopic (exact) mass is 235 g/mol. The van der Waals surface area contributed by atoms with Gasteiger partial charge in [-0.2, -0.15) is 0 Å². The van der Waals surface area contributed by atoms with Crippen LogP contribution in [0.2, 0.25) is 0 Å². The van der Waals surface area contributed by atoms with Crippen molar-refractivity contribution in [1.29, 1.82) is 0 Å². The van der Waals surface area contributed by atoms with Gasteiger partial charge in [-0.25, -0.2) is 4.79 Å². The van der Waals surface area contributed by atoms with Crippen LogP contribution in [0.25, 0.3) is 0 Å². The van der Waals surface area contributed by atoms with Gasteiger partial charge in [0.1, 0.15) is 0 Å². The standard InChI is InChI=1S/C13H21N3O/c1-4-16(5-2)13(17)15-12-8-11(9-14)7-6-10(12)3/h6-8H,4-5,9,14H2,1-3H3,(H,15,17). The Morgan fingerprint density at radius 1 is 1.35 bits per heavy atom. The molecule has 0 atom stereocenters. The van der Waals surface area contributed by atoms with Gasteiger partial charge >= 0.3 is 6.03 Å². The zero-order chi connectivity index (χ0) is 12.8. The van der Waals surface area contributed by atoms with Gasteiger partial charge in [0, 0.05) is 25.3 Å². The molecule has 0 radical (unpaired) electrons. The molecule has 0 aliphatic carbocycles. The number of amides is 2. The Morgan fingerprint density at radius 2 is 2.00 bits per heavy atom. The normalized spacial score (nSPS) is 10.1. The van der Waals surface area contributed by atoms with Crippen molar-refractivity contribution >= 4 is 11.7 Å². The van der Waals surface area contributed by atoms with Crippen LogP contribution in [0.1, 0.15) is 25.0 Å². The smallest absolute Gasteiger partial charge is 0.321 e. The third-order valence-electron chi connectivity index (χ3n) is 2.83. The second kappa shape index (κ2) is 6.25. The van der Waals surface area contributed by atoms with E-state index in [-0.39, 0.29) is 6.03 Å². The molecule has 2 amide bonds. The fourth-order valence-electron chi connectivity index (χ4n) is 1.64. The highest BCUT2D eigenvalue weighted by Gasteiger charge is 2.10. The Kier molecular flexibility index (Phi) is 4.97. The third kappa shape index (κ3) is 3.46. The van der Waals surface area contributed by atoms with Crippen molar-refractivity contribution in [2.24, 2.45) is 5.73 Å². The molecular weight excluding hydrogens is 214 g/mol. The fourth-order valence-corrected chi connectivity index (χ4v) is 1.64. The average molecular weight is 235 g/mol. The largest absolute Gasteiger partial charge is 0.326 e. The topological polar surface area (TPSA) is 58.4 Å². The Labute approximate surface area is 103 Å². The number of hydrogen-bond acceptors (Lipinski definition) is 2. The molecule has 1 aromatic carbocycles. The minimum atomic E-state index is -0.0627. The maximum Gasteiger partial charge on any atom is 0.321 e. The Morgan fingerprint density at radius 3 is 2.53 bits per heavy atom. The first-order chi connectivity index (χ1) is 8.12. The lowest BCUT2D eigenvalue weighted by Gasteiger charge is -2.20. The highest BCUT2D eigenvalue weighted by molar-refractivity contribution is 5.90. The molecule has 0 aromatic heterocycles. The van der Waals surface area contributed by atoms with Gasteiger partial charge in [-0.3, -0.25) is 0 Å². The molecule has 0 unspecified atom stereocenters. The van der Waals surface area contributed by atoms with Crippen LogP contribution in [0.3, 0.4) is 0 Å². The van der Waals surface area contributed by atoms with E-state index in [1.807, 2.05) is 39.0 Å². The van der Waals surface area contributed by atoms with E-state index in [2.05, 4.69) is 5.32 Å². The van der Waals surface area contributed by atoms with E-state index in [1.54, 1.807) is 4.90 Å². The second-order valence-electron chi connectivity index (χ2n) is 3.96. The summed E-state index contributed by atoms with van der Waals surface area (Å²) in [7, 11) is 0. The Balaban J connectivity index is 2.83. The number of nitrogens with two attached hydrogens (primary N) is 1. The lowest BCUT2D eigenvalue weighted by molar-refractivity contribution is 0.217. The molecule has 1 aromatic rings. The average Bonchev–Trinajstić information content (AvgIpc) is 2.33. The number of carbonyl (C=O) groups is 1. The van der Waals surface area contributed by atoms with Crippen LogP contribution in [0.15, 0.2) is 18.2 Å². The highest BCUT2D eigenvalue weighted by Crippen LogP contribution is 2.17. The van der Waals surface area contributed by atoms with Crippen LogP contribution < -0.4 is 11.1 Å². The van der Waals surface area contributed by atoms with Crippen molar-refractivity contribution in [2.75, 3.05) is 18.4 Å². The number of rotatable bonds is 4. The van der Waals surface area contributed by atoms with E-state index in [9.17, 15) is 4.79 Å². The van der Waals surface area contributed by atoms with E-state index < -0.39 is 0 Å². The third-order valence-corrected chi connectivity index (χ3v) is 2.83. The van der Waals surface area contributed by atoms with Gasteiger partial charge in [-0.15, -0.1) is 0 Å². The fraction of sp³-hybridized carbons (Fsp3) is 0.462. The molecule has 0 saturated carbocycles. The molecule has 17 heavy (non-hydrogen) atoms. The number of aryl methyl sites for hydroxylation is 1. The van der Waals surface area contributed by atoms with Gasteiger partial charge < -0.3 is 16.0 Å². The predicted octanol–water partition coefficient (Wildman–Crippen LogP) is 2.33. The number of urea groups is 1. The van der Waals surface area contributed by atoms with Gasteiger partial charge in [0.05, 0.1) is 0 Å². The minimum Gasteiger partial charge on any atom is -0.326 e. The second-order valence-corrected chi connectivity index (χ2v) is 3.96. The molecule has 0 heterocycles. The number of hydrogen-bond donors (Lipinski definition) is 2. The molecule has 0 aliphatic heterocycles. The van der Waals surface area contributed by atoms with Gasteiger partial charge in [0.2, 0.25) is 0 Å². The van der Waals surface area contributed by atoms with Gasteiger partial charge in [0.25, 0.3) is 0 Å². The Hall–Kier alpha value is -1.55.